The predicted octanol–water partition coefficient (Wildman–Crippen LogP) is -0.0979. The van der Waals surface area contributed by atoms with Gasteiger partial charge in [0.25, 0.3) is 0 Å². The van der Waals surface area contributed by atoms with Gasteiger partial charge < -0.3 is 10.2 Å². The molecule has 9 heteroatoms. The van der Waals surface area contributed by atoms with Crippen LogP contribution in [0.2, 0.25) is 0 Å². The molecule has 0 heterocycles. The Morgan fingerprint density at radius 3 is 2.15 bits per heavy atom. The fourth-order valence-electron chi connectivity index (χ4n) is 1.36. The van der Waals surface area contributed by atoms with Gasteiger partial charge in [-0.3, -0.25) is 9.59 Å². The van der Waals surface area contributed by atoms with Crippen LogP contribution < -0.4 is 4.72 Å². The van der Waals surface area contributed by atoms with Crippen LogP contribution in [-0.4, -0.2) is 88.0 Å². The van der Waals surface area contributed by atoms with Gasteiger partial charge in [0.1, 0.15) is 6.04 Å². The molecule has 3 N–H and O–H groups in total. The summed E-state index contributed by atoms with van der Waals surface area (Å²) in [6.45, 7) is 0. The van der Waals surface area contributed by atoms with E-state index in [0.29, 0.717) is 0 Å². The van der Waals surface area contributed by atoms with E-state index >= 15 is 0 Å². The molecule has 1 aromatic carbocycles. The summed E-state index contributed by atoms with van der Waals surface area (Å²) in [5, 5.41) is 17.4. The van der Waals surface area contributed by atoms with E-state index in [4.69, 9.17) is 10.2 Å². The maximum absolute atomic E-state index is 11.9. The van der Waals surface area contributed by atoms with Crippen molar-refractivity contribution < 1.29 is 28.2 Å². The van der Waals surface area contributed by atoms with Crippen LogP contribution in [0.15, 0.2) is 35.2 Å². The summed E-state index contributed by atoms with van der Waals surface area (Å²) in [5.41, 5.74) is 0. The maximum Gasteiger partial charge on any atom is 0.321 e. The van der Waals surface area contributed by atoms with Gasteiger partial charge in [0.15, 0.2) is 0 Å². The van der Waals surface area contributed by atoms with Crippen molar-refractivity contribution in [1.29, 1.82) is 0 Å². The Labute approximate surface area is 158 Å². The van der Waals surface area contributed by atoms with E-state index in [1.807, 2.05) is 4.72 Å². The Morgan fingerprint density at radius 2 is 1.70 bits per heavy atom. The van der Waals surface area contributed by atoms with E-state index in [1.54, 1.807) is 6.07 Å². The first-order chi connectivity index (χ1) is 8.83. The van der Waals surface area contributed by atoms with Crippen molar-refractivity contribution >= 4 is 73.3 Å². The maximum atomic E-state index is 11.9. The first kappa shape index (κ1) is 19.7. The minimum atomic E-state index is -3.98. The average Bonchev–Trinajstić information content (AvgIpc) is 2.35. The normalized spacial score (nSPS) is 12.2. The minimum absolute atomic E-state index is 0. The van der Waals surface area contributed by atoms with Gasteiger partial charge in [-0.05, 0) is 18.6 Å². The smallest absolute Gasteiger partial charge is 0.321 e. The molecule has 0 aliphatic carbocycles. The van der Waals surface area contributed by atoms with Crippen LogP contribution in [0.1, 0.15) is 12.8 Å². The standard InChI is InChI=1S/C11H13NO6S.K/c13-10(14)7-6-9(11(15)16)12-19(17,18)8-4-2-1-3-5-8;/h1-5,9,12H,6-7H2,(H,13,14)(H,15,16);/t9-;/m0./s1. The average molecular weight is 326 g/mol. The summed E-state index contributed by atoms with van der Waals surface area (Å²) in [4.78, 5) is 21.2. The monoisotopic (exact) mass is 326 g/mol. The molecule has 0 saturated heterocycles. The number of hydrogen-bond donors (Lipinski definition) is 3. The summed E-state index contributed by atoms with van der Waals surface area (Å²) in [6.07, 6.45) is -0.759. The van der Waals surface area contributed by atoms with E-state index in [-0.39, 0.29) is 62.7 Å². The number of carboxylic acids is 2. The van der Waals surface area contributed by atoms with Crippen molar-refractivity contribution in [1.82, 2.24) is 4.72 Å². The van der Waals surface area contributed by atoms with Crippen LogP contribution in [0, 0.1) is 0 Å². The Bertz CT molecular complexity index is 560. The number of rotatable bonds is 7. The molecule has 7 nitrogen and oxygen atoms in total. The molecule has 0 fully saturated rings. The van der Waals surface area contributed by atoms with Gasteiger partial charge in [0.05, 0.1) is 4.90 Å². The van der Waals surface area contributed by atoms with Crippen molar-refractivity contribution in [2.45, 2.75) is 23.8 Å². The van der Waals surface area contributed by atoms with Gasteiger partial charge >= 0.3 is 11.9 Å². The molecule has 1 aromatic rings. The number of benzene rings is 1. The molecule has 20 heavy (non-hydrogen) atoms. The van der Waals surface area contributed by atoms with E-state index in [2.05, 4.69) is 0 Å². The van der Waals surface area contributed by atoms with Crippen molar-refractivity contribution in [3.8, 4) is 0 Å². The summed E-state index contributed by atoms with van der Waals surface area (Å²) < 4.78 is 25.7. The van der Waals surface area contributed by atoms with Crippen LogP contribution >= 0.6 is 0 Å². The number of carboxylic acid groups (broad SMARTS) is 2. The molecule has 0 aliphatic heterocycles. The largest absolute Gasteiger partial charge is 0.481 e. The molecule has 1 rings (SSSR count). The van der Waals surface area contributed by atoms with Crippen LogP contribution in [-0.2, 0) is 19.6 Å². The molecule has 0 aliphatic rings. The molecule has 0 amide bonds. The molecule has 0 bridgehead atoms. The Morgan fingerprint density at radius 1 is 1.15 bits per heavy atom. The molecule has 1 radical (unpaired) electrons. The van der Waals surface area contributed by atoms with Gasteiger partial charge in [-0.2, -0.15) is 4.72 Å². The molecular formula is C11H13KNO6S. The Kier molecular flexibility index (Phi) is 8.74. The fraction of sp³-hybridized carbons (Fsp3) is 0.273. The number of nitrogens with one attached hydrogen (secondary N) is 1. The van der Waals surface area contributed by atoms with E-state index in [0.717, 1.165) is 0 Å². The number of hydrogen-bond acceptors (Lipinski definition) is 4. The molecule has 0 saturated carbocycles. The zero-order chi connectivity index (χ0) is 14.5. The van der Waals surface area contributed by atoms with Gasteiger partial charge in [0, 0.05) is 57.8 Å². The van der Waals surface area contributed by atoms with Crippen molar-refractivity contribution in [2.75, 3.05) is 0 Å². The Balaban J connectivity index is 0.00000361. The second-order valence-electron chi connectivity index (χ2n) is 3.76. The SMILES string of the molecule is O=C(O)CC[C@H](NS(=O)(=O)c1ccccc1)C(=O)O.[K]. The quantitative estimate of drug-likeness (QED) is 0.602. The van der Waals surface area contributed by atoms with Crippen molar-refractivity contribution in [3.05, 3.63) is 30.3 Å². The first-order valence-corrected chi connectivity index (χ1v) is 6.83. The van der Waals surface area contributed by atoms with E-state index in [1.165, 1.54) is 24.3 Å². The molecule has 105 valence electrons. The zero-order valence-corrected chi connectivity index (χ0v) is 14.8. The van der Waals surface area contributed by atoms with Crippen molar-refractivity contribution in [3.63, 3.8) is 0 Å². The summed E-state index contributed by atoms with van der Waals surface area (Å²) >= 11 is 0. The van der Waals surface area contributed by atoms with Crippen LogP contribution in [0.25, 0.3) is 0 Å². The molecular weight excluding hydrogens is 313 g/mol. The predicted molar refractivity (Wildman–Crippen MR) is 70.8 cm³/mol. The van der Waals surface area contributed by atoms with E-state index < -0.39 is 34.4 Å². The second-order valence-corrected chi connectivity index (χ2v) is 5.47. The molecule has 0 unspecified atom stereocenters. The van der Waals surface area contributed by atoms with Crippen molar-refractivity contribution in [2.24, 2.45) is 0 Å². The second kappa shape index (κ2) is 8.87. The van der Waals surface area contributed by atoms with Gasteiger partial charge in [0.2, 0.25) is 10.0 Å². The molecule has 0 aromatic heterocycles. The van der Waals surface area contributed by atoms with E-state index in [9.17, 15) is 18.0 Å². The molecule has 0 spiro atoms. The fourth-order valence-corrected chi connectivity index (χ4v) is 2.60. The topological polar surface area (TPSA) is 121 Å². The van der Waals surface area contributed by atoms with Gasteiger partial charge in [-0.25, -0.2) is 8.42 Å². The summed E-state index contributed by atoms with van der Waals surface area (Å²) in [5.74, 6) is -2.61. The summed E-state index contributed by atoms with van der Waals surface area (Å²) in [6, 6.07) is 5.79. The Hall–Kier alpha value is -0.294. The van der Waals surface area contributed by atoms with Crippen LogP contribution in [0.5, 0.6) is 0 Å². The third kappa shape index (κ3) is 6.44. The number of carbonyl (C=O) groups is 2. The third-order valence-corrected chi connectivity index (χ3v) is 3.78. The third-order valence-electron chi connectivity index (χ3n) is 2.30. The van der Waals surface area contributed by atoms with Gasteiger partial charge in [-0.1, -0.05) is 18.2 Å². The first-order valence-electron chi connectivity index (χ1n) is 5.35. The summed E-state index contributed by atoms with van der Waals surface area (Å²) in [7, 11) is -3.98. The minimum Gasteiger partial charge on any atom is -0.481 e. The van der Waals surface area contributed by atoms with Crippen LogP contribution in [0.4, 0.5) is 0 Å². The van der Waals surface area contributed by atoms with Gasteiger partial charge in [-0.15, -0.1) is 0 Å². The number of aliphatic carboxylic acids is 2. The molecule has 1 atom stereocenters. The van der Waals surface area contributed by atoms with Crippen LogP contribution in [0.3, 0.4) is 0 Å². The number of sulfonamides is 1. The zero-order valence-electron chi connectivity index (χ0n) is 10.8.